The van der Waals surface area contributed by atoms with Crippen molar-refractivity contribution in [3.8, 4) is 0 Å². The average Bonchev–Trinajstić information content (AvgIpc) is 3.08. The molecule has 3 rings (SSSR count). The van der Waals surface area contributed by atoms with Crippen molar-refractivity contribution in [2.45, 2.75) is 6.92 Å². The van der Waals surface area contributed by atoms with Crippen LogP contribution >= 0.6 is 0 Å². The van der Waals surface area contributed by atoms with Crippen LogP contribution in [0.3, 0.4) is 0 Å². The van der Waals surface area contributed by atoms with Crippen LogP contribution in [0.25, 0.3) is 11.0 Å². The van der Waals surface area contributed by atoms with Gasteiger partial charge < -0.3 is 4.57 Å². The van der Waals surface area contributed by atoms with E-state index in [9.17, 15) is 8.42 Å². The number of imidazole rings is 1. The molecule has 18 heavy (non-hydrogen) atoms. The van der Waals surface area contributed by atoms with Gasteiger partial charge in [0, 0.05) is 20.1 Å². The van der Waals surface area contributed by atoms with Gasteiger partial charge in [0.25, 0.3) is 0 Å². The Kier molecular flexibility index (Phi) is 2.36. The summed E-state index contributed by atoms with van der Waals surface area (Å²) in [6, 6.07) is 5.38. The molecule has 6 nitrogen and oxygen atoms in total. The maximum atomic E-state index is 11.8. The molecule has 0 atom stereocenters. The molecule has 0 aliphatic carbocycles. The lowest BCUT2D eigenvalue weighted by Gasteiger charge is -2.07. The number of benzene rings is 1. The molecule has 0 radical (unpaired) electrons. The summed E-state index contributed by atoms with van der Waals surface area (Å²) in [5, 5.41) is 0. The lowest BCUT2D eigenvalue weighted by molar-refractivity contribution is 0.569. The van der Waals surface area contributed by atoms with E-state index in [-0.39, 0.29) is 0 Å². The van der Waals surface area contributed by atoms with E-state index in [0.717, 1.165) is 16.9 Å². The first-order chi connectivity index (χ1) is 8.47. The van der Waals surface area contributed by atoms with Crippen molar-refractivity contribution < 1.29 is 8.42 Å². The number of nitrogens with one attached hydrogen (secondary N) is 1. The molecule has 2 heterocycles. The third-order valence-electron chi connectivity index (χ3n) is 3.10. The van der Waals surface area contributed by atoms with Gasteiger partial charge in [-0.2, -0.15) is 12.7 Å². The van der Waals surface area contributed by atoms with Gasteiger partial charge in [-0.05, 0) is 25.1 Å². The Morgan fingerprint density at radius 1 is 1.33 bits per heavy atom. The van der Waals surface area contributed by atoms with Gasteiger partial charge in [-0.1, -0.05) is 0 Å². The van der Waals surface area contributed by atoms with Gasteiger partial charge >= 0.3 is 10.2 Å². The topological polar surface area (TPSA) is 67.0 Å². The zero-order chi connectivity index (χ0) is 12.9. The summed E-state index contributed by atoms with van der Waals surface area (Å²) in [6.45, 7) is 3.11. The predicted octanol–water partition coefficient (Wildman–Crippen LogP) is 0.854. The first-order valence-electron chi connectivity index (χ1n) is 5.68. The lowest BCUT2D eigenvalue weighted by atomic mass is 10.3. The largest absolute Gasteiger partial charge is 0.331 e. The second-order valence-electron chi connectivity index (χ2n) is 4.43. The molecule has 2 aromatic rings. The van der Waals surface area contributed by atoms with E-state index in [2.05, 4.69) is 9.71 Å². The van der Waals surface area contributed by atoms with Gasteiger partial charge in [0.15, 0.2) is 0 Å². The molecular weight excluding hydrogens is 252 g/mol. The fourth-order valence-corrected chi connectivity index (χ4v) is 2.99. The summed E-state index contributed by atoms with van der Waals surface area (Å²) in [4.78, 5) is 4.38. The summed E-state index contributed by atoms with van der Waals surface area (Å²) in [7, 11) is -1.43. The van der Waals surface area contributed by atoms with E-state index in [0.29, 0.717) is 18.8 Å². The van der Waals surface area contributed by atoms with Gasteiger partial charge in [0.1, 0.15) is 5.82 Å². The summed E-state index contributed by atoms with van der Waals surface area (Å²) in [5.41, 5.74) is 2.33. The highest BCUT2D eigenvalue weighted by atomic mass is 32.2. The number of aromatic nitrogens is 2. The molecular formula is C11H14N4O2S. The molecule has 1 N–H and O–H groups in total. The number of hydrogen-bond acceptors (Lipinski definition) is 3. The Hall–Kier alpha value is -1.60. The summed E-state index contributed by atoms with van der Waals surface area (Å²) in [6.07, 6.45) is 0. The maximum Gasteiger partial charge on any atom is 0.301 e. The number of rotatable bonds is 3. The van der Waals surface area contributed by atoms with Crippen molar-refractivity contribution in [2.24, 2.45) is 7.05 Å². The van der Waals surface area contributed by atoms with Crippen LogP contribution in [0.5, 0.6) is 0 Å². The zero-order valence-electron chi connectivity index (χ0n) is 10.2. The van der Waals surface area contributed by atoms with E-state index < -0.39 is 10.2 Å². The summed E-state index contributed by atoms with van der Waals surface area (Å²) < 4.78 is 29.4. The number of anilines is 1. The van der Waals surface area contributed by atoms with Crippen molar-refractivity contribution in [1.82, 2.24) is 13.9 Å². The SMILES string of the molecule is Cc1nc2cc(NS(=O)(=O)N3CC3)ccc2n1C. The third-order valence-corrected chi connectivity index (χ3v) is 4.64. The van der Waals surface area contributed by atoms with E-state index in [1.807, 2.05) is 24.6 Å². The number of hydrogen-bond donors (Lipinski definition) is 1. The second-order valence-corrected chi connectivity index (χ2v) is 6.10. The van der Waals surface area contributed by atoms with Gasteiger partial charge in [-0.3, -0.25) is 4.72 Å². The molecule has 1 aromatic carbocycles. The van der Waals surface area contributed by atoms with Gasteiger partial charge in [0.2, 0.25) is 0 Å². The van der Waals surface area contributed by atoms with E-state index in [1.54, 1.807) is 12.1 Å². The number of fused-ring (bicyclic) bond motifs is 1. The Bertz CT molecular complexity index is 716. The monoisotopic (exact) mass is 266 g/mol. The molecule has 0 saturated carbocycles. The molecule has 0 bridgehead atoms. The van der Waals surface area contributed by atoms with Crippen LogP contribution in [0.4, 0.5) is 5.69 Å². The fraction of sp³-hybridized carbons (Fsp3) is 0.364. The first kappa shape index (κ1) is 11.5. The normalized spacial score (nSPS) is 16.1. The number of nitrogens with zero attached hydrogens (tertiary/aromatic N) is 3. The number of aryl methyl sites for hydroxylation is 2. The van der Waals surface area contributed by atoms with E-state index in [1.165, 1.54) is 4.31 Å². The molecule has 1 aliphatic rings. The molecule has 0 spiro atoms. The predicted molar refractivity (Wildman–Crippen MR) is 69.6 cm³/mol. The van der Waals surface area contributed by atoms with Crippen LogP contribution < -0.4 is 4.72 Å². The van der Waals surface area contributed by atoms with E-state index >= 15 is 0 Å². The van der Waals surface area contributed by atoms with Crippen LogP contribution in [-0.4, -0.2) is 35.4 Å². The highest BCUT2D eigenvalue weighted by Crippen LogP contribution is 2.22. The van der Waals surface area contributed by atoms with Crippen LogP contribution in [0.1, 0.15) is 5.82 Å². The van der Waals surface area contributed by atoms with Crippen molar-refractivity contribution in [3.05, 3.63) is 24.0 Å². The van der Waals surface area contributed by atoms with Crippen LogP contribution in [-0.2, 0) is 17.3 Å². The average molecular weight is 266 g/mol. The quantitative estimate of drug-likeness (QED) is 0.838. The van der Waals surface area contributed by atoms with Gasteiger partial charge in [0.05, 0.1) is 16.7 Å². The third kappa shape index (κ3) is 1.85. The molecule has 0 amide bonds. The second kappa shape index (κ2) is 3.69. The Morgan fingerprint density at radius 3 is 2.72 bits per heavy atom. The van der Waals surface area contributed by atoms with Gasteiger partial charge in [-0.15, -0.1) is 0 Å². The lowest BCUT2D eigenvalue weighted by Crippen LogP contribution is -2.20. The highest BCUT2D eigenvalue weighted by Gasteiger charge is 2.31. The van der Waals surface area contributed by atoms with Crippen molar-refractivity contribution in [1.29, 1.82) is 0 Å². The fourth-order valence-electron chi connectivity index (χ4n) is 1.88. The standard InChI is InChI=1S/C11H14N4O2S/c1-8-12-10-7-9(3-4-11(10)14(8)2)13-18(16,17)15-5-6-15/h3-4,7,13H,5-6H2,1-2H3. The highest BCUT2D eigenvalue weighted by molar-refractivity contribution is 7.90. The van der Waals surface area contributed by atoms with E-state index in [4.69, 9.17) is 0 Å². The maximum absolute atomic E-state index is 11.8. The minimum Gasteiger partial charge on any atom is -0.331 e. The first-order valence-corrected chi connectivity index (χ1v) is 7.12. The molecule has 1 aromatic heterocycles. The molecule has 1 saturated heterocycles. The summed E-state index contributed by atoms with van der Waals surface area (Å²) in [5.74, 6) is 0.899. The van der Waals surface area contributed by atoms with Crippen molar-refractivity contribution in [2.75, 3.05) is 17.8 Å². The minimum atomic E-state index is -3.36. The smallest absolute Gasteiger partial charge is 0.301 e. The van der Waals surface area contributed by atoms with Crippen LogP contribution in [0, 0.1) is 6.92 Å². The van der Waals surface area contributed by atoms with Crippen molar-refractivity contribution >= 4 is 26.9 Å². The van der Waals surface area contributed by atoms with Gasteiger partial charge in [-0.25, -0.2) is 4.98 Å². The summed E-state index contributed by atoms with van der Waals surface area (Å²) >= 11 is 0. The zero-order valence-corrected chi connectivity index (χ0v) is 11.0. The molecule has 7 heteroatoms. The minimum absolute atomic E-state index is 0.549. The molecule has 96 valence electrons. The Balaban J connectivity index is 1.98. The Labute approximate surface area is 105 Å². The molecule has 1 fully saturated rings. The van der Waals surface area contributed by atoms with Crippen LogP contribution in [0.15, 0.2) is 18.2 Å². The molecule has 0 unspecified atom stereocenters. The Morgan fingerprint density at radius 2 is 2.06 bits per heavy atom. The van der Waals surface area contributed by atoms with Crippen LogP contribution in [0.2, 0.25) is 0 Å². The van der Waals surface area contributed by atoms with Crippen molar-refractivity contribution in [3.63, 3.8) is 0 Å². The molecule has 1 aliphatic heterocycles.